The number of amides is 1. The zero-order valence-corrected chi connectivity index (χ0v) is 24.6. The first-order valence-corrected chi connectivity index (χ1v) is 13.2. The van der Waals surface area contributed by atoms with Crippen LogP contribution in [0.3, 0.4) is 0 Å². The largest absolute Gasteiger partial charge is 0.496 e. The van der Waals surface area contributed by atoms with Crippen LogP contribution in [0, 0.1) is 0 Å². The molecule has 4 aromatic rings. The minimum Gasteiger partial charge on any atom is -0.496 e. The second kappa shape index (κ2) is 12.5. The number of carbonyl (C=O) groups is 2. The van der Waals surface area contributed by atoms with Gasteiger partial charge in [-0.1, -0.05) is 47.5 Å². The highest BCUT2D eigenvalue weighted by Crippen LogP contribution is 2.41. The third kappa shape index (κ3) is 6.75. The smallest absolute Gasteiger partial charge is 0.407 e. The zero-order valence-electron chi connectivity index (χ0n) is 23.1. The van der Waals surface area contributed by atoms with Crippen LogP contribution in [-0.4, -0.2) is 47.1 Å². The Morgan fingerprint density at radius 1 is 0.951 bits per heavy atom. The van der Waals surface area contributed by atoms with Crippen molar-refractivity contribution in [2.45, 2.75) is 32.9 Å². The van der Waals surface area contributed by atoms with E-state index in [0.717, 1.165) is 0 Å². The number of rotatable bonds is 8. The van der Waals surface area contributed by atoms with Gasteiger partial charge in [0.25, 0.3) is 0 Å². The summed E-state index contributed by atoms with van der Waals surface area (Å²) < 4.78 is 16.1. The van der Waals surface area contributed by atoms with Gasteiger partial charge in [0.05, 0.1) is 52.5 Å². The number of aromatic nitrogens is 3. The Kier molecular flexibility index (Phi) is 9.10. The fraction of sp³-hybridized carbons (Fsp3) is 0.233. The van der Waals surface area contributed by atoms with Crippen molar-refractivity contribution in [3.05, 3.63) is 76.0 Å². The molecule has 41 heavy (non-hydrogen) atoms. The molecule has 2 aromatic heterocycles. The molecule has 1 amide bonds. The van der Waals surface area contributed by atoms with Gasteiger partial charge in [-0.25, -0.2) is 19.7 Å². The van der Waals surface area contributed by atoms with Crippen LogP contribution < -0.4 is 14.8 Å². The summed E-state index contributed by atoms with van der Waals surface area (Å²) in [4.78, 5) is 36.8. The van der Waals surface area contributed by atoms with Gasteiger partial charge >= 0.3 is 6.09 Å². The first kappa shape index (κ1) is 29.8. The van der Waals surface area contributed by atoms with Crippen LogP contribution in [0.15, 0.2) is 54.9 Å². The Hall–Kier alpha value is -4.21. The lowest BCUT2D eigenvalue weighted by Gasteiger charge is -2.20. The number of methoxy groups -OCH3 is 2. The van der Waals surface area contributed by atoms with Crippen molar-refractivity contribution < 1.29 is 23.8 Å². The summed E-state index contributed by atoms with van der Waals surface area (Å²) in [5, 5.41) is 3.39. The summed E-state index contributed by atoms with van der Waals surface area (Å²) in [7, 11) is 2.97. The van der Waals surface area contributed by atoms with Crippen molar-refractivity contribution >= 4 is 35.6 Å². The van der Waals surface area contributed by atoms with E-state index in [1.165, 1.54) is 20.5 Å². The molecule has 0 bridgehead atoms. The average Bonchev–Trinajstić information content (AvgIpc) is 2.95. The van der Waals surface area contributed by atoms with Gasteiger partial charge in [-0.2, -0.15) is 0 Å². The maximum absolute atomic E-state index is 12.1. The van der Waals surface area contributed by atoms with E-state index in [-0.39, 0.29) is 11.6 Å². The SMILES string of the molecule is COc1cc(-c2ncnc(-c3cccc(-c4ccc(COC(=O)NC(C)(C)C)c(OC)n4)c3Cl)c2Cl)ccc1C=O. The fourth-order valence-corrected chi connectivity index (χ4v) is 4.64. The molecular weight excluding hydrogens is 567 g/mol. The van der Waals surface area contributed by atoms with Crippen molar-refractivity contribution in [3.8, 4) is 45.4 Å². The van der Waals surface area contributed by atoms with Gasteiger partial charge in [-0.05, 0) is 45.0 Å². The van der Waals surface area contributed by atoms with Crippen molar-refractivity contribution in [1.29, 1.82) is 0 Å². The Balaban J connectivity index is 1.68. The molecule has 0 spiro atoms. The van der Waals surface area contributed by atoms with Crippen molar-refractivity contribution in [2.75, 3.05) is 14.2 Å². The lowest BCUT2D eigenvalue weighted by atomic mass is 10.0. The van der Waals surface area contributed by atoms with Crippen LogP contribution in [0.1, 0.15) is 36.7 Å². The third-order valence-electron chi connectivity index (χ3n) is 5.92. The van der Waals surface area contributed by atoms with E-state index in [9.17, 15) is 9.59 Å². The van der Waals surface area contributed by atoms with E-state index >= 15 is 0 Å². The molecule has 0 aliphatic carbocycles. The minimum absolute atomic E-state index is 0.0237. The summed E-state index contributed by atoms with van der Waals surface area (Å²) in [6.45, 7) is 5.56. The highest BCUT2D eigenvalue weighted by molar-refractivity contribution is 6.38. The Morgan fingerprint density at radius 3 is 2.37 bits per heavy atom. The van der Waals surface area contributed by atoms with E-state index in [4.69, 9.17) is 37.4 Å². The number of nitrogens with zero attached hydrogens (tertiary/aromatic N) is 3. The number of nitrogens with one attached hydrogen (secondary N) is 1. The van der Waals surface area contributed by atoms with Gasteiger partial charge < -0.3 is 19.5 Å². The fourth-order valence-electron chi connectivity index (χ4n) is 4.02. The average molecular weight is 595 g/mol. The molecule has 0 saturated carbocycles. The van der Waals surface area contributed by atoms with Crippen LogP contribution in [0.2, 0.25) is 10.0 Å². The number of ether oxygens (including phenoxy) is 3. The van der Waals surface area contributed by atoms with E-state index < -0.39 is 11.6 Å². The lowest BCUT2D eigenvalue weighted by molar-refractivity contribution is 0.112. The summed E-state index contributed by atoms with van der Waals surface area (Å²) in [6.07, 6.45) is 1.57. The lowest BCUT2D eigenvalue weighted by Crippen LogP contribution is -2.40. The number of aldehydes is 1. The molecular formula is C30H28Cl2N4O5. The van der Waals surface area contributed by atoms with Gasteiger partial charge in [0, 0.05) is 22.2 Å². The van der Waals surface area contributed by atoms with Gasteiger partial charge in [-0.3, -0.25) is 4.79 Å². The summed E-state index contributed by atoms with van der Waals surface area (Å²) in [5.74, 6) is 0.695. The van der Waals surface area contributed by atoms with Gasteiger partial charge in [0.2, 0.25) is 5.88 Å². The maximum Gasteiger partial charge on any atom is 0.407 e. The zero-order chi connectivity index (χ0) is 29.7. The van der Waals surface area contributed by atoms with Crippen LogP contribution in [0.5, 0.6) is 11.6 Å². The number of pyridine rings is 1. The van der Waals surface area contributed by atoms with Gasteiger partial charge in [-0.15, -0.1) is 0 Å². The number of benzene rings is 2. The number of carbonyl (C=O) groups excluding carboxylic acids is 2. The molecule has 11 heteroatoms. The second-order valence-corrected chi connectivity index (χ2v) is 10.7. The number of hydrogen-bond donors (Lipinski definition) is 1. The van der Waals surface area contributed by atoms with Gasteiger partial charge in [0.1, 0.15) is 18.7 Å². The van der Waals surface area contributed by atoms with E-state index in [1.807, 2.05) is 32.9 Å². The summed E-state index contributed by atoms with van der Waals surface area (Å²) in [5.41, 5.74) is 3.82. The van der Waals surface area contributed by atoms with Crippen molar-refractivity contribution in [1.82, 2.24) is 20.3 Å². The number of halogens is 2. The van der Waals surface area contributed by atoms with Crippen LogP contribution in [0.4, 0.5) is 4.79 Å². The molecule has 2 aromatic carbocycles. The molecule has 4 rings (SSSR count). The molecule has 212 valence electrons. The van der Waals surface area contributed by atoms with Crippen molar-refractivity contribution in [2.24, 2.45) is 0 Å². The third-order valence-corrected chi connectivity index (χ3v) is 6.69. The van der Waals surface area contributed by atoms with E-state index in [0.29, 0.717) is 67.8 Å². The molecule has 0 radical (unpaired) electrons. The predicted molar refractivity (Wildman–Crippen MR) is 158 cm³/mol. The molecule has 0 atom stereocenters. The topological polar surface area (TPSA) is 113 Å². The molecule has 0 aliphatic heterocycles. The highest BCUT2D eigenvalue weighted by atomic mass is 35.5. The van der Waals surface area contributed by atoms with Crippen LogP contribution >= 0.6 is 23.2 Å². The van der Waals surface area contributed by atoms with Gasteiger partial charge in [0.15, 0.2) is 6.29 Å². The Labute approximate surface area is 247 Å². The first-order valence-electron chi connectivity index (χ1n) is 12.5. The number of alkyl carbamates (subject to hydrolysis) is 1. The second-order valence-electron chi connectivity index (χ2n) is 9.94. The summed E-state index contributed by atoms with van der Waals surface area (Å²) in [6, 6.07) is 14.0. The Bertz CT molecular complexity index is 1600. The first-order chi connectivity index (χ1) is 19.6. The van der Waals surface area contributed by atoms with E-state index in [2.05, 4.69) is 20.3 Å². The van der Waals surface area contributed by atoms with Crippen LogP contribution in [0.25, 0.3) is 33.8 Å². The highest BCUT2D eigenvalue weighted by Gasteiger charge is 2.20. The molecule has 0 fully saturated rings. The molecule has 0 aliphatic rings. The maximum atomic E-state index is 12.1. The molecule has 1 N–H and O–H groups in total. The summed E-state index contributed by atoms with van der Waals surface area (Å²) >= 11 is 13.7. The van der Waals surface area contributed by atoms with E-state index in [1.54, 1.807) is 36.4 Å². The molecule has 2 heterocycles. The van der Waals surface area contributed by atoms with Crippen molar-refractivity contribution in [3.63, 3.8) is 0 Å². The molecule has 9 nitrogen and oxygen atoms in total. The van der Waals surface area contributed by atoms with Crippen LogP contribution in [-0.2, 0) is 11.3 Å². The Morgan fingerprint density at radius 2 is 1.68 bits per heavy atom. The minimum atomic E-state index is -0.543. The normalized spacial score (nSPS) is 11.1. The predicted octanol–water partition coefficient (Wildman–Crippen LogP) is 7.03. The molecule has 0 saturated heterocycles. The number of hydrogen-bond acceptors (Lipinski definition) is 8. The monoisotopic (exact) mass is 594 g/mol. The quantitative estimate of drug-likeness (QED) is 0.216. The molecule has 0 unspecified atom stereocenters. The standard InChI is InChI=1S/C30H28Cl2N4O5/c1-30(2,3)36-29(38)41-15-19-11-12-22(35-28(19)40-5)20-7-6-8-21(24(20)31)27-25(32)26(33-16-34-27)17-9-10-18(14-37)23(13-17)39-4/h6-14,16H,15H2,1-5H3,(H,36,38).